The molecule has 172 valence electrons. The maximum absolute atomic E-state index is 13.2. The third-order valence-electron chi connectivity index (χ3n) is 6.27. The van der Waals surface area contributed by atoms with Gasteiger partial charge in [0, 0.05) is 17.6 Å². The second kappa shape index (κ2) is 11.4. The number of hydrogen-bond acceptors (Lipinski definition) is 3. The van der Waals surface area contributed by atoms with E-state index in [4.69, 9.17) is 16.3 Å². The predicted octanol–water partition coefficient (Wildman–Crippen LogP) is 5.20. The summed E-state index contributed by atoms with van der Waals surface area (Å²) in [4.78, 5) is 27.8. The molecule has 1 unspecified atom stereocenters. The van der Waals surface area contributed by atoms with Gasteiger partial charge in [-0.3, -0.25) is 9.59 Å². The van der Waals surface area contributed by atoms with Crippen LogP contribution in [0.1, 0.15) is 55.7 Å². The van der Waals surface area contributed by atoms with E-state index in [1.807, 2.05) is 50.2 Å². The molecule has 1 aliphatic rings. The van der Waals surface area contributed by atoms with Crippen LogP contribution in [0.15, 0.2) is 42.5 Å². The van der Waals surface area contributed by atoms with E-state index >= 15 is 0 Å². The Morgan fingerprint density at radius 3 is 2.56 bits per heavy atom. The first-order valence-corrected chi connectivity index (χ1v) is 11.8. The summed E-state index contributed by atoms with van der Waals surface area (Å²) in [6, 6.07) is 12.7. The molecule has 0 radical (unpaired) electrons. The van der Waals surface area contributed by atoms with Gasteiger partial charge in [0.1, 0.15) is 11.8 Å². The van der Waals surface area contributed by atoms with Crippen molar-refractivity contribution in [2.75, 3.05) is 6.61 Å². The van der Waals surface area contributed by atoms with Crippen LogP contribution in [0.2, 0.25) is 5.02 Å². The largest absolute Gasteiger partial charge is 0.483 e. The lowest BCUT2D eigenvalue weighted by molar-refractivity contribution is -0.142. The van der Waals surface area contributed by atoms with Crippen LogP contribution in [0.4, 0.5) is 0 Å². The molecule has 0 bridgehead atoms. The second-order valence-electron chi connectivity index (χ2n) is 8.66. The van der Waals surface area contributed by atoms with Gasteiger partial charge in [-0.2, -0.15) is 0 Å². The highest BCUT2D eigenvalue weighted by Crippen LogP contribution is 2.22. The fraction of sp³-hybridized carbons (Fsp3) is 0.462. The average molecular weight is 457 g/mol. The summed E-state index contributed by atoms with van der Waals surface area (Å²) >= 11 is 6.14. The highest BCUT2D eigenvalue weighted by molar-refractivity contribution is 6.30. The minimum atomic E-state index is -0.620. The van der Waals surface area contributed by atoms with Crippen molar-refractivity contribution in [2.24, 2.45) is 0 Å². The van der Waals surface area contributed by atoms with Crippen molar-refractivity contribution in [3.63, 3.8) is 0 Å². The number of hydrogen-bond donors (Lipinski definition) is 1. The molecule has 1 atom stereocenters. The van der Waals surface area contributed by atoms with Crippen molar-refractivity contribution in [1.82, 2.24) is 10.2 Å². The number of aryl methyl sites for hydroxylation is 1. The van der Waals surface area contributed by atoms with E-state index in [1.54, 1.807) is 17.9 Å². The number of rotatable bonds is 8. The quantitative estimate of drug-likeness (QED) is 0.593. The van der Waals surface area contributed by atoms with E-state index < -0.39 is 6.04 Å². The number of carbonyl (C=O) groups excluding carboxylic acids is 2. The van der Waals surface area contributed by atoms with E-state index in [0.29, 0.717) is 10.8 Å². The highest BCUT2D eigenvalue weighted by Gasteiger charge is 2.28. The monoisotopic (exact) mass is 456 g/mol. The van der Waals surface area contributed by atoms with Gasteiger partial charge < -0.3 is 15.0 Å². The van der Waals surface area contributed by atoms with Crippen LogP contribution in [-0.2, 0) is 16.1 Å². The molecule has 2 amide bonds. The molecule has 2 aromatic rings. The van der Waals surface area contributed by atoms with E-state index in [0.717, 1.165) is 42.4 Å². The first-order valence-electron chi connectivity index (χ1n) is 11.4. The number of amides is 2. The zero-order chi connectivity index (χ0) is 23.1. The molecule has 1 aliphatic carbocycles. The van der Waals surface area contributed by atoms with Crippen LogP contribution < -0.4 is 10.1 Å². The summed E-state index contributed by atoms with van der Waals surface area (Å²) in [6.07, 6.45) is 5.48. The van der Waals surface area contributed by atoms with Crippen molar-refractivity contribution in [2.45, 2.75) is 71.5 Å². The number of halogens is 1. The number of benzene rings is 2. The Hall–Kier alpha value is -2.53. The lowest BCUT2D eigenvalue weighted by atomic mass is 9.95. The van der Waals surface area contributed by atoms with Gasteiger partial charge in [-0.1, -0.05) is 55.1 Å². The van der Waals surface area contributed by atoms with Crippen LogP contribution in [0.5, 0.6) is 5.75 Å². The summed E-state index contributed by atoms with van der Waals surface area (Å²) in [6.45, 7) is 5.91. The highest BCUT2D eigenvalue weighted by atomic mass is 35.5. The van der Waals surface area contributed by atoms with Crippen molar-refractivity contribution < 1.29 is 14.3 Å². The van der Waals surface area contributed by atoms with Crippen LogP contribution in [0.25, 0.3) is 0 Å². The third kappa shape index (κ3) is 6.49. The Morgan fingerprint density at radius 2 is 1.84 bits per heavy atom. The molecule has 0 aliphatic heterocycles. The summed E-state index contributed by atoms with van der Waals surface area (Å²) in [5.74, 6) is 0.316. The van der Waals surface area contributed by atoms with Gasteiger partial charge in [0.15, 0.2) is 6.61 Å². The smallest absolute Gasteiger partial charge is 0.261 e. The Labute approximate surface area is 196 Å². The molecular weight excluding hydrogens is 424 g/mol. The molecule has 1 N–H and O–H groups in total. The summed E-state index contributed by atoms with van der Waals surface area (Å²) < 4.78 is 5.85. The first kappa shape index (κ1) is 24.1. The van der Waals surface area contributed by atoms with Gasteiger partial charge >= 0.3 is 0 Å². The average Bonchev–Trinajstić information content (AvgIpc) is 2.78. The Morgan fingerprint density at radius 1 is 1.12 bits per heavy atom. The second-order valence-corrected chi connectivity index (χ2v) is 9.09. The third-order valence-corrected chi connectivity index (χ3v) is 6.50. The van der Waals surface area contributed by atoms with Gasteiger partial charge in [0.2, 0.25) is 5.91 Å². The van der Waals surface area contributed by atoms with Gasteiger partial charge in [-0.25, -0.2) is 0 Å². The lowest BCUT2D eigenvalue weighted by Gasteiger charge is -2.31. The SMILES string of the molecule is Cc1cccc(OCC(=O)N(Cc2cccc(Cl)c2)C(C)C(=O)NC2CCCCC2)c1C. The Bertz CT molecular complexity index is 940. The first-order chi connectivity index (χ1) is 15.3. The minimum Gasteiger partial charge on any atom is -0.483 e. The molecular formula is C26H33ClN2O3. The molecule has 0 spiro atoms. The molecule has 32 heavy (non-hydrogen) atoms. The van der Waals surface area contributed by atoms with Crippen molar-refractivity contribution in [3.8, 4) is 5.75 Å². The van der Waals surface area contributed by atoms with Crippen LogP contribution in [-0.4, -0.2) is 35.4 Å². The lowest BCUT2D eigenvalue weighted by Crippen LogP contribution is -2.51. The summed E-state index contributed by atoms with van der Waals surface area (Å²) in [5, 5.41) is 3.74. The normalized spacial score (nSPS) is 15.1. The molecule has 6 heteroatoms. The van der Waals surface area contributed by atoms with Crippen LogP contribution in [0, 0.1) is 13.8 Å². The Kier molecular flexibility index (Phi) is 8.57. The number of nitrogens with one attached hydrogen (secondary N) is 1. The topological polar surface area (TPSA) is 58.6 Å². The fourth-order valence-corrected chi connectivity index (χ4v) is 4.30. The van der Waals surface area contributed by atoms with Crippen LogP contribution in [0.3, 0.4) is 0 Å². The number of nitrogens with zero attached hydrogens (tertiary/aromatic N) is 1. The van der Waals surface area contributed by atoms with E-state index in [2.05, 4.69) is 5.32 Å². The summed E-state index contributed by atoms with van der Waals surface area (Å²) in [5.41, 5.74) is 2.98. The van der Waals surface area contributed by atoms with Gasteiger partial charge in [0.05, 0.1) is 0 Å². The number of ether oxygens (including phenoxy) is 1. The van der Waals surface area contributed by atoms with Crippen molar-refractivity contribution in [1.29, 1.82) is 0 Å². The molecule has 2 aromatic carbocycles. The van der Waals surface area contributed by atoms with E-state index in [9.17, 15) is 9.59 Å². The van der Waals surface area contributed by atoms with Gasteiger partial charge in [-0.15, -0.1) is 0 Å². The zero-order valence-corrected chi connectivity index (χ0v) is 20.0. The fourth-order valence-electron chi connectivity index (χ4n) is 4.09. The minimum absolute atomic E-state index is 0.126. The molecule has 5 nitrogen and oxygen atoms in total. The van der Waals surface area contributed by atoms with Crippen molar-refractivity contribution in [3.05, 3.63) is 64.2 Å². The zero-order valence-electron chi connectivity index (χ0n) is 19.2. The van der Waals surface area contributed by atoms with Crippen LogP contribution >= 0.6 is 11.6 Å². The van der Waals surface area contributed by atoms with E-state index in [1.165, 1.54) is 6.42 Å². The predicted molar refractivity (Wildman–Crippen MR) is 128 cm³/mol. The van der Waals surface area contributed by atoms with Gasteiger partial charge in [0.25, 0.3) is 5.91 Å². The molecule has 3 rings (SSSR count). The van der Waals surface area contributed by atoms with E-state index in [-0.39, 0.29) is 31.0 Å². The molecule has 1 saturated carbocycles. The van der Waals surface area contributed by atoms with Crippen molar-refractivity contribution >= 4 is 23.4 Å². The molecule has 0 aromatic heterocycles. The molecule has 1 fully saturated rings. The standard InChI is InChI=1S/C26H33ClN2O3/c1-18-9-7-14-24(19(18)2)32-17-25(30)29(16-21-10-8-11-22(27)15-21)20(3)26(31)28-23-12-5-4-6-13-23/h7-11,14-15,20,23H,4-6,12-13,16-17H2,1-3H3,(H,28,31). The molecule has 0 saturated heterocycles. The molecule has 0 heterocycles. The Balaban J connectivity index is 1.73. The summed E-state index contributed by atoms with van der Waals surface area (Å²) in [7, 11) is 0. The maximum atomic E-state index is 13.2. The number of carbonyl (C=O) groups is 2. The maximum Gasteiger partial charge on any atom is 0.261 e. The van der Waals surface area contributed by atoms with Gasteiger partial charge in [-0.05, 0) is 68.5 Å².